The number of aromatic nitrogens is 2. The van der Waals surface area contributed by atoms with Gasteiger partial charge in [0, 0.05) is 6.21 Å². The molecule has 27 heavy (non-hydrogen) atoms. The van der Waals surface area contributed by atoms with Crippen LogP contribution in [0.15, 0.2) is 40.1 Å². The lowest BCUT2D eigenvalue weighted by atomic mass is 9.79. The van der Waals surface area contributed by atoms with Gasteiger partial charge < -0.3 is 24.9 Å². The third kappa shape index (κ3) is 2.60. The van der Waals surface area contributed by atoms with Gasteiger partial charge in [-0.2, -0.15) is 0 Å². The maximum atomic E-state index is 12.1. The van der Waals surface area contributed by atoms with Gasteiger partial charge in [-0.1, -0.05) is 30.3 Å². The number of nitrogens with one attached hydrogen (secondary N) is 1. The fourth-order valence-electron chi connectivity index (χ4n) is 3.92. The van der Waals surface area contributed by atoms with Crippen molar-refractivity contribution in [1.29, 1.82) is 0 Å². The second kappa shape index (κ2) is 6.27. The van der Waals surface area contributed by atoms with Crippen molar-refractivity contribution >= 4 is 30.4 Å². The van der Waals surface area contributed by atoms with Crippen molar-refractivity contribution in [3.05, 3.63) is 46.4 Å². The summed E-state index contributed by atoms with van der Waals surface area (Å²) in [5.41, 5.74) is 6.86. The van der Waals surface area contributed by atoms with Gasteiger partial charge >= 0.3 is 7.12 Å². The summed E-state index contributed by atoms with van der Waals surface area (Å²) >= 11 is 0. The van der Waals surface area contributed by atoms with E-state index in [1.807, 2.05) is 30.3 Å². The fraction of sp³-hybridized carbons (Fsp3) is 0.353. The van der Waals surface area contributed by atoms with Crippen LogP contribution in [0, 0.1) is 0 Å². The molecule has 138 valence electrons. The Bertz CT molecular complexity index is 952. The molecule has 4 N–H and O–H groups in total. The van der Waals surface area contributed by atoms with Crippen molar-refractivity contribution in [1.82, 2.24) is 9.97 Å². The van der Waals surface area contributed by atoms with E-state index in [0.717, 1.165) is 5.46 Å². The largest absolute Gasteiger partial charge is 0.494 e. The SMILES string of the molecule is Nc1nc2c(c(=O)[nH]1)N=CC2[C@@H]1O[C@H](CO)[C@H]2OB(c3ccccc3)O[C@H]21. The lowest BCUT2D eigenvalue weighted by Crippen LogP contribution is -2.38. The van der Waals surface area contributed by atoms with Gasteiger partial charge in [0.25, 0.3) is 5.56 Å². The molecule has 0 aliphatic carbocycles. The monoisotopic (exact) mass is 368 g/mol. The number of nitrogen functional groups attached to an aromatic ring is 1. The van der Waals surface area contributed by atoms with Gasteiger partial charge in [0.15, 0.2) is 5.69 Å². The number of nitrogens with two attached hydrogens (primary N) is 1. The normalized spacial score (nSPS) is 31.3. The number of hydrogen-bond donors (Lipinski definition) is 3. The summed E-state index contributed by atoms with van der Waals surface area (Å²) in [5, 5.41) is 9.73. The maximum Gasteiger partial charge on any atom is 0.494 e. The van der Waals surface area contributed by atoms with Crippen molar-refractivity contribution in [3.8, 4) is 0 Å². The van der Waals surface area contributed by atoms with Gasteiger partial charge in [0.2, 0.25) is 5.95 Å². The highest BCUT2D eigenvalue weighted by Crippen LogP contribution is 2.41. The minimum absolute atomic E-state index is 0.0215. The van der Waals surface area contributed by atoms with Crippen LogP contribution >= 0.6 is 0 Å². The van der Waals surface area contributed by atoms with Crippen LogP contribution in [0.2, 0.25) is 0 Å². The van der Waals surface area contributed by atoms with E-state index < -0.39 is 43.0 Å². The molecule has 0 bridgehead atoms. The molecule has 1 aromatic heterocycles. The van der Waals surface area contributed by atoms with Gasteiger partial charge in [-0.25, -0.2) is 4.98 Å². The van der Waals surface area contributed by atoms with Crippen molar-refractivity contribution in [2.75, 3.05) is 12.3 Å². The van der Waals surface area contributed by atoms with E-state index in [0.29, 0.717) is 5.69 Å². The van der Waals surface area contributed by atoms with Crippen molar-refractivity contribution < 1.29 is 19.2 Å². The van der Waals surface area contributed by atoms with Gasteiger partial charge in [-0.05, 0) is 5.46 Å². The molecule has 0 radical (unpaired) electrons. The first-order valence-electron chi connectivity index (χ1n) is 8.72. The van der Waals surface area contributed by atoms with E-state index in [1.165, 1.54) is 0 Å². The average Bonchev–Trinajstić information content (AvgIpc) is 3.35. The minimum Gasteiger partial charge on any atom is -0.399 e. The Morgan fingerprint density at radius 3 is 2.74 bits per heavy atom. The molecule has 3 aliphatic heterocycles. The van der Waals surface area contributed by atoms with Crippen LogP contribution in [0.4, 0.5) is 11.6 Å². The number of aliphatic hydroxyl groups is 1. The molecule has 2 fully saturated rings. The second-order valence-electron chi connectivity index (χ2n) is 6.75. The number of rotatable bonds is 3. The number of hydrogen-bond acceptors (Lipinski definition) is 8. The first kappa shape index (κ1) is 16.6. The molecule has 5 atom stereocenters. The molecule has 3 aliphatic rings. The molecular formula is C17H17BN4O5. The first-order chi connectivity index (χ1) is 13.2. The summed E-state index contributed by atoms with van der Waals surface area (Å²) in [5.74, 6) is -0.389. The molecule has 2 aromatic rings. The zero-order valence-electron chi connectivity index (χ0n) is 14.2. The number of ether oxygens (including phenoxy) is 1. The lowest BCUT2D eigenvalue weighted by Gasteiger charge is -2.22. The smallest absolute Gasteiger partial charge is 0.399 e. The summed E-state index contributed by atoms with van der Waals surface area (Å²) in [7, 11) is -0.545. The van der Waals surface area contributed by atoms with E-state index in [4.69, 9.17) is 19.8 Å². The number of nitrogens with zero attached hydrogens (tertiary/aromatic N) is 2. The number of fused-ring (bicyclic) bond motifs is 2. The maximum absolute atomic E-state index is 12.1. The molecule has 10 heteroatoms. The van der Waals surface area contributed by atoms with Crippen LogP contribution in [-0.2, 0) is 14.0 Å². The predicted molar refractivity (Wildman–Crippen MR) is 97.5 cm³/mol. The molecule has 9 nitrogen and oxygen atoms in total. The van der Waals surface area contributed by atoms with E-state index in [-0.39, 0.29) is 18.2 Å². The zero-order chi connectivity index (χ0) is 18.5. The number of H-pyrrole nitrogens is 1. The number of aliphatic imine (C=N–C) groups is 1. The predicted octanol–water partition coefficient (Wildman–Crippen LogP) is -0.909. The molecule has 4 heterocycles. The number of benzene rings is 1. The molecule has 5 rings (SSSR count). The Labute approximate surface area is 154 Å². The van der Waals surface area contributed by atoms with Crippen LogP contribution in [0.1, 0.15) is 11.6 Å². The van der Waals surface area contributed by atoms with Crippen molar-refractivity contribution in [2.24, 2.45) is 4.99 Å². The van der Waals surface area contributed by atoms with E-state index in [1.54, 1.807) is 6.21 Å². The van der Waals surface area contributed by atoms with Crippen LogP contribution in [0.25, 0.3) is 0 Å². The quantitative estimate of drug-likeness (QED) is 0.598. The summed E-state index contributed by atoms with van der Waals surface area (Å²) in [6.45, 7) is -0.204. The highest BCUT2D eigenvalue weighted by molar-refractivity contribution is 6.61. The van der Waals surface area contributed by atoms with Crippen LogP contribution in [-0.4, -0.2) is 59.4 Å². The molecular weight excluding hydrogens is 351 g/mol. The van der Waals surface area contributed by atoms with Crippen LogP contribution in [0.5, 0.6) is 0 Å². The molecule has 0 saturated carbocycles. The molecule has 2 saturated heterocycles. The third-order valence-corrected chi connectivity index (χ3v) is 5.13. The molecule has 1 unspecified atom stereocenters. The van der Waals surface area contributed by atoms with Gasteiger partial charge in [-0.15, -0.1) is 0 Å². The highest BCUT2D eigenvalue weighted by Gasteiger charge is 2.56. The highest BCUT2D eigenvalue weighted by atomic mass is 16.7. The van der Waals surface area contributed by atoms with E-state index >= 15 is 0 Å². The lowest BCUT2D eigenvalue weighted by molar-refractivity contribution is -0.0290. The number of anilines is 1. The Balaban J connectivity index is 1.47. The first-order valence-corrected chi connectivity index (χ1v) is 8.72. The minimum atomic E-state index is -0.545. The average molecular weight is 368 g/mol. The Morgan fingerprint density at radius 1 is 1.19 bits per heavy atom. The second-order valence-corrected chi connectivity index (χ2v) is 6.75. The number of aliphatic hydroxyl groups excluding tert-OH is 1. The molecule has 0 spiro atoms. The van der Waals surface area contributed by atoms with Gasteiger partial charge in [0.05, 0.1) is 36.5 Å². The summed E-state index contributed by atoms with van der Waals surface area (Å²) in [4.78, 5) is 22.9. The van der Waals surface area contributed by atoms with E-state index in [2.05, 4.69) is 15.0 Å². The summed E-state index contributed by atoms with van der Waals surface area (Å²) in [6.07, 6.45) is -0.281. The van der Waals surface area contributed by atoms with Crippen molar-refractivity contribution in [3.63, 3.8) is 0 Å². The Hall–Kier alpha value is -2.53. The topological polar surface area (TPSA) is 132 Å². The fourth-order valence-corrected chi connectivity index (χ4v) is 3.92. The van der Waals surface area contributed by atoms with Crippen LogP contribution < -0.4 is 16.8 Å². The molecule has 1 aromatic carbocycles. The van der Waals surface area contributed by atoms with Crippen molar-refractivity contribution in [2.45, 2.75) is 30.3 Å². The van der Waals surface area contributed by atoms with Gasteiger partial charge in [-0.3, -0.25) is 14.8 Å². The van der Waals surface area contributed by atoms with E-state index in [9.17, 15) is 9.90 Å². The Kier molecular flexibility index (Phi) is 3.87. The standard InChI is InChI=1S/C17H17BN4O5/c19-17-21-11-9(6-20-12(11)16(24)22-17)13-15-14(10(7-23)25-13)26-18(27-15)8-4-2-1-3-5-8/h1-6,9-10,13-15,23H,7H2,(H3,19,21,22,24)/t9?,10-,13+,14-,15+/m1/s1. The van der Waals surface area contributed by atoms with Crippen LogP contribution in [0.3, 0.4) is 0 Å². The third-order valence-electron chi connectivity index (χ3n) is 5.13. The van der Waals surface area contributed by atoms with Gasteiger partial charge in [0.1, 0.15) is 6.10 Å². The summed E-state index contributed by atoms with van der Waals surface area (Å²) in [6, 6.07) is 9.58. The Morgan fingerprint density at radius 2 is 1.96 bits per heavy atom. The summed E-state index contributed by atoms with van der Waals surface area (Å²) < 4.78 is 18.2. The number of aromatic amines is 1. The molecule has 0 amide bonds. The zero-order valence-corrected chi connectivity index (χ0v) is 14.2.